The Balaban J connectivity index is 1.53. The Morgan fingerprint density at radius 1 is 1.21 bits per heavy atom. The Labute approximate surface area is 171 Å². The topological polar surface area (TPSA) is 84.7 Å². The number of fused-ring (bicyclic) bond motifs is 1. The van der Waals surface area contributed by atoms with Gasteiger partial charge in [-0.1, -0.05) is 12.1 Å². The number of anilines is 1. The van der Waals surface area contributed by atoms with Crippen molar-refractivity contribution in [2.24, 2.45) is 7.05 Å². The molecule has 2 N–H and O–H groups in total. The van der Waals surface area contributed by atoms with E-state index in [0.717, 1.165) is 17.9 Å². The quantitative estimate of drug-likeness (QED) is 0.510. The van der Waals surface area contributed by atoms with E-state index in [1.165, 1.54) is 4.57 Å². The third kappa shape index (κ3) is 3.74. The van der Waals surface area contributed by atoms with E-state index < -0.39 is 0 Å². The summed E-state index contributed by atoms with van der Waals surface area (Å²) >= 11 is 5.14. The van der Waals surface area contributed by atoms with Crippen LogP contribution in [-0.2, 0) is 13.6 Å². The van der Waals surface area contributed by atoms with Gasteiger partial charge in [-0.05, 0) is 55.0 Å². The summed E-state index contributed by atoms with van der Waals surface area (Å²) in [5.74, 6) is 0.692. The normalized spacial score (nSPS) is 11.0. The Hall–Kier alpha value is -3.52. The highest BCUT2D eigenvalue weighted by Crippen LogP contribution is 2.15. The number of rotatable bonds is 4. The Bertz CT molecular complexity index is 1330. The molecule has 0 fully saturated rings. The lowest BCUT2D eigenvalue weighted by Gasteiger charge is -2.09. The van der Waals surface area contributed by atoms with E-state index in [0.29, 0.717) is 26.9 Å². The van der Waals surface area contributed by atoms with E-state index in [1.54, 1.807) is 31.4 Å². The molecule has 2 aromatic carbocycles. The van der Waals surface area contributed by atoms with Crippen molar-refractivity contribution in [1.29, 1.82) is 0 Å². The summed E-state index contributed by atoms with van der Waals surface area (Å²) in [6.07, 6.45) is 3.71. The maximum Gasteiger partial charge on any atom is 0.261 e. The smallest absolute Gasteiger partial charge is 0.261 e. The number of imidazole rings is 1. The van der Waals surface area contributed by atoms with Crippen LogP contribution in [0, 0.1) is 11.7 Å². The number of amides is 1. The summed E-state index contributed by atoms with van der Waals surface area (Å²) in [6, 6.07) is 12.6. The van der Waals surface area contributed by atoms with Crippen molar-refractivity contribution in [3.63, 3.8) is 0 Å². The molecular formula is C21H19N5O2S. The van der Waals surface area contributed by atoms with Crippen LogP contribution in [0.2, 0.25) is 0 Å². The van der Waals surface area contributed by atoms with Crippen LogP contribution < -0.4 is 10.9 Å². The van der Waals surface area contributed by atoms with E-state index in [9.17, 15) is 9.59 Å². The molecule has 29 heavy (non-hydrogen) atoms. The van der Waals surface area contributed by atoms with Crippen LogP contribution >= 0.6 is 12.2 Å². The molecule has 4 aromatic rings. The van der Waals surface area contributed by atoms with Gasteiger partial charge in [0.05, 0.1) is 10.9 Å². The van der Waals surface area contributed by atoms with Gasteiger partial charge in [-0.25, -0.2) is 4.98 Å². The maximum absolute atomic E-state index is 12.6. The highest BCUT2D eigenvalue weighted by Gasteiger charge is 2.10. The van der Waals surface area contributed by atoms with Gasteiger partial charge in [-0.2, -0.15) is 0 Å². The van der Waals surface area contributed by atoms with E-state index in [1.807, 2.05) is 37.4 Å². The molecule has 0 saturated heterocycles. The number of aromatic amines is 1. The second-order valence-corrected chi connectivity index (χ2v) is 7.19. The van der Waals surface area contributed by atoms with Gasteiger partial charge in [0.2, 0.25) is 0 Å². The van der Waals surface area contributed by atoms with Crippen LogP contribution in [0.1, 0.15) is 21.7 Å². The fraction of sp³-hybridized carbons (Fsp3) is 0.143. The van der Waals surface area contributed by atoms with Gasteiger partial charge in [-0.15, -0.1) is 0 Å². The molecule has 2 heterocycles. The van der Waals surface area contributed by atoms with Crippen molar-refractivity contribution in [1.82, 2.24) is 19.1 Å². The van der Waals surface area contributed by atoms with Gasteiger partial charge in [0.25, 0.3) is 11.5 Å². The molecular weight excluding hydrogens is 386 g/mol. The molecule has 0 aliphatic carbocycles. The predicted molar refractivity (Wildman–Crippen MR) is 115 cm³/mol. The summed E-state index contributed by atoms with van der Waals surface area (Å²) < 4.78 is 3.73. The number of H-pyrrole nitrogens is 1. The maximum atomic E-state index is 12.6. The molecule has 0 bridgehead atoms. The fourth-order valence-corrected chi connectivity index (χ4v) is 3.30. The van der Waals surface area contributed by atoms with E-state index in [4.69, 9.17) is 12.2 Å². The zero-order valence-electron chi connectivity index (χ0n) is 16.0. The third-order valence-electron chi connectivity index (χ3n) is 4.85. The molecule has 2 aromatic heterocycles. The standard InChI is InChI=1S/C21H19N5O2S/c1-13-22-9-10-26(13)12-14-3-6-16(7-4-14)23-19(27)15-5-8-17-18(11-15)24-21(29)25(2)20(17)28/h3-11H,12H2,1-2H3,(H,23,27)(H,24,29). The van der Waals surface area contributed by atoms with Gasteiger partial charge in [0, 0.05) is 37.2 Å². The molecule has 0 saturated carbocycles. The predicted octanol–water partition coefficient (Wildman–Crippen LogP) is 3.40. The number of benzene rings is 2. The summed E-state index contributed by atoms with van der Waals surface area (Å²) in [6.45, 7) is 2.68. The lowest BCUT2D eigenvalue weighted by Crippen LogP contribution is -2.19. The first-order chi connectivity index (χ1) is 13.9. The monoisotopic (exact) mass is 405 g/mol. The fourth-order valence-electron chi connectivity index (χ4n) is 3.11. The minimum absolute atomic E-state index is 0.195. The highest BCUT2D eigenvalue weighted by molar-refractivity contribution is 7.71. The molecule has 0 aliphatic rings. The summed E-state index contributed by atoms with van der Waals surface area (Å²) in [4.78, 5) is 32.1. The Morgan fingerprint density at radius 2 is 1.97 bits per heavy atom. The molecule has 1 amide bonds. The average Bonchev–Trinajstić information content (AvgIpc) is 3.11. The number of carbonyl (C=O) groups excluding carboxylic acids is 1. The van der Waals surface area contributed by atoms with E-state index >= 15 is 0 Å². The molecule has 8 heteroatoms. The number of carbonyl (C=O) groups is 1. The van der Waals surface area contributed by atoms with Crippen molar-refractivity contribution in [2.45, 2.75) is 13.5 Å². The van der Waals surface area contributed by atoms with Crippen LogP contribution in [0.5, 0.6) is 0 Å². The van der Waals surface area contributed by atoms with Crippen molar-refractivity contribution in [3.8, 4) is 0 Å². The first-order valence-corrected chi connectivity index (χ1v) is 9.44. The van der Waals surface area contributed by atoms with Gasteiger partial charge in [0.1, 0.15) is 5.82 Å². The number of hydrogen-bond donors (Lipinski definition) is 2. The first kappa shape index (κ1) is 18.8. The third-order valence-corrected chi connectivity index (χ3v) is 5.23. The van der Waals surface area contributed by atoms with Gasteiger partial charge in [-0.3, -0.25) is 14.2 Å². The second-order valence-electron chi connectivity index (χ2n) is 6.81. The van der Waals surface area contributed by atoms with Gasteiger partial charge >= 0.3 is 0 Å². The largest absolute Gasteiger partial charge is 0.332 e. The Kier molecular flexibility index (Phi) is 4.85. The zero-order chi connectivity index (χ0) is 20.5. The zero-order valence-corrected chi connectivity index (χ0v) is 16.8. The molecule has 0 aliphatic heterocycles. The van der Waals surface area contributed by atoms with Crippen LogP contribution in [0.15, 0.2) is 59.7 Å². The van der Waals surface area contributed by atoms with Crippen molar-refractivity contribution < 1.29 is 4.79 Å². The average molecular weight is 405 g/mol. The molecule has 0 atom stereocenters. The number of aromatic nitrogens is 4. The van der Waals surface area contributed by atoms with Crippen molar-refractivity contribution >= 4 is 34.7 Å². The van der Waals surface area contributed by atoms with Gasteiger partial charge in [0.15, 0.2) is 4.77 Å². The highest BCUT2D eigenvalue weighted by atomic mass is 32.1. The minimum atomic E-state index is -0.259. The summed E-state index contributed by atoms with van der Waals surface area (Å²) in [5, 5.41) is 3.36. The molecule has 0 spiro atoms. The first-order valence-electron chi connectivity index (χ1n) is 9.03. The van der Waals surface area contributed by atoms with E-state index in [-0.39, 0.29) is 11.5 Å². The Morgan fingerprint density at radius 3 is 2.66 bits per heavy atom. The summed E-state index contributed by atoms with van der Waals surface area (Å²) in [5.41, 5.74) is 2.59. The number of aryl methyl sites for hydroxylation is 1. The molecule has 146 valence electrons. The van der Waals surface area contributed by atoms with Crippen LogP contribution in [0.25, 0.3) is 10.9 Å². The van der Waals surface area contributed by atoms with Crippen LogP contribution in [0.3, 0.4) is 0 Å². The molecule has 0 unspecified atom stereocenters. The molecule has 4 rings (SSSR count). The SMILES string of the molecule is Cc1nccn1Cc1ccc(NC(=O)c2ccc3c(=O)n(C)c(=S)[nH]c3c2)cc1. The molecule has 7 nitrogen and oxygen atoms in total. The van der Waals surface area contributed by atoms with Gasteiger partial charge < -0.3 is 14.9 Å². The molecule has 0 radical (unpaired) electrons. The lowest BCUT2D eigenvalue weighted by atomic mass is 10.1. The van der Waals surface area contributed by atoms with Crippen molar-refractivity contribution in [2.75, 3.05) is 5.32 Å². The van der Waals surface area contributed by atoms with Crippen molar-refractivity contribution in [3.05, 3.63) is 86.9 Å². The van der Waals surface area contributed by atoms with E-state index in [2.05, 4.69) is 19.9 Å². The summed E-state index contributed by atoms with van der Waals surface area (Å²) in [7, 11) is 1.61. The second kappa shape index (κ2) is 7.48. The minimum Gasteiger partial charge on any atom is -0.332 e. The van der Waals surface area contributed by atoms with Crippen LogP contribution in [-0.4, -0.2) is 25.0 Å². The number of nitrogens with zero attached hydrogens (tertiary/aromatic N) is 3. The van der Waals surface area contributed by atoms with Crippen LogP contribution in [0.4, 0.5) is 5.69 Å². The number of nitrogens with one attached hydrogen (secondary N) is 2. The lowest BCUT2D eigenvalue weighted by molar-refractivity contribution is 0.102. The number of hydrogen-bond acceptors (Lipinski definition) is 4.